The first-order chi connectivity index (χ1) is 6.47. The highest BCUT2D eigenvalue weighted by molar-refractivity contribution is 7.89. The van der Waals surface area contributed by atoms with E-state index in [4.69, 9.17) is 11.0 Å². The lowest BCUT2D eigenvalue weighted by Gasteiger charge is -2.34. The fourth-order valence-corrected chi connectivity index (χ4v) is 3.06. The van der Waals surface area contributed by atoms with Crippen LogP contribution in [0.1, 0.15) is 19.8 Å². The van der Waals surface area contributed by atoms with Crippen molar-refractivity contribution < 1.29 is 8.42 Å². The molecule has 2 N–H and O–H groups in total. The molecule has 6 heteroatoms. The Morgan fingerprint density at radius 3 is 2.79 bits per heavy atom. The maximum atomic E-state index is 11.6. The number of sulfonamides is 1. The van der Waals surface area contributed by atoms with E-state index in [1.54, 1.807) is 6.07 Å². The molecule has 2 atom stereocenters. The van der Waals surface area contributed by atoms with Crippen molar-refractivity contribution in [2.75, 3.05) is 12.3 Å². The van der Waals surface area contributed by atoms with Gasteiger partial charge in [-0.2, -0.15) is 9.57 Å². The van der Waals surface area contributed by atoms with Gasteiger partial charge in [-0.1, -0.05) is 0 Å². The third kappa shape index (κ3) is 2.44. The Balaban J connectivity index is 2.80. The van der Waals surface area contributed by atoms with Crippen molar-refractivity contribution in [1.82, 2.24) is 4.31 Å². The van der Waals surface area contributed by atoms with Crippen molar-refractivity contribution in [3.8, 4) is 6.07 Å². The van der Waals surface area contributed by atoms with Gasteiger partial charge in [-0.25, -0.2) is 8.42 Å². The van der Waals surface area contributed by atoms with Crippen molar-refractivity contribution in [2.45, 2.75) is 31.8 Å². The van der Waals surface area contributed by atoms with Crippen LogP contribution >= 0.6 is 0 Å². The first kappa shape index (κ1) is 11.4. The van der Waals surface area contributed by atoms with Crippen LogP contribution in [0.25, 0.3) is 0 Å². The van der Waals surface area contributed by atoms with E-state index in [1.807, 2.05) is 6.92 Å². The quantitative estimate of drug-likeness (QED) is 0.685. The fourth-order valence-electron chi connectivity index (χ4n) is 1.65. The summed E-state index contributed by atoms with van der Waals surface area (Å²) in [6.45, 7) is 2.19. The smallest absolute Gasteiger partial charge is 0.227 e. The summed E-state index contributed by atoms with van der Waals surface area (Å²) in [5.74, 6) is -0.454. The van der Waals surface area contributed by atoms with Crippen molar-refractivity contribution in [3.05, 3.63) is 0 Å². The SMILES string of the molecule is CC1CCC(N)CN1S(=O)(=O)CC#N. The van der Waals surface area contributed by atoms with Crippen molar-refractivity contribution >= 4 is 10.0 Å². The summed E-state index contributed by atoms with van der Waals surface area (Å²) in [6, 6.07) is 1.54. The van der Waals surface area contributed by atoms with Gasteiger partial charge in [-0.15, -0.1) is 0 Å². The zero-order valence-corrected chi connectivity index (χ0v) is 9.00. The van der Waals surface area contributed by atoms with Crippen LogP contribution in [-0.4, -0.2) is 37.1 Å². The van der Waals surface area contributed by atoms with E-state index in [0.717, 1.165) is 12.8 Å². The van der Waals surface area contributed by atoms with Crippen LogP contribution < -0.4 is 5.73 Å². The lowest BCUT2D eigenvalue weighted by atomic mass is 10.0. The molecule has 2 unspecified atom stereocenters. The van der Waals surface area contributed by atoms with Crippen LogP contribution in [0.3, 0.4) is 0 Å². The Morgan fingerprint density at radius 2 is 2.21 bits per heavy atom. The largest absolute Gasteiger partial charge is 0.327 e. The summed E-state index contributed by atoms with van der Waals surface area (Å²) in [4.78, 5) is 0. The molecule has 0 bridgehead atoms. The second-order valence-corrected chi connectivity index (χ2v) is 5.59. The van der Waals surface area contributed by atoms with Crippen LogP contribution in [0.5, 0.6) is 0 Å². The van der Waals surface area contributed by atoms with Crippen LogP contribution in [0.2, 0.25) is 0 Å². The van der Waals surface area contributed by atoms with Crippen LogP contribution in [0, 0.1) is 11.3 Å². The van der Waals surface area contributed by atoms with Gasteiger partial charge < -0.3 is 5.73 Å². The van der Waals surface area contributed by atoms with Gasteiger partial charge in [0, 0.05) is 18.6 Å². The van der Waals surface area contributed by atoms with E-state index in [9.17, 15) is 8.42 Å². The maximum absolute atomic E-state index is 11.6. The minimum Gasteiger partial charge on any atom is -0.327 e. The molecule has 1 aliphatic heterocycles. The molecule has 80 valence electrons. The third-order valence-electron chi connectivity index (χ3n) is 2.47. The topological polar surface area (TPSA) is 87.2 Å². The van der Waals surface area contributed by atoms with Gasteiger partial charge >= 0.3 is 0 Å². The molecule has 14 heavy (non-hydrogen) atoms. The molecule has 1 heterocycles. The summed E-state index contributed by atoms with van der Waals surface area (Å²) < 4.78 is 24.5. The molecule has 0 amide bonds. The predicted octanol–water partition coefficient (Wildman–Crippen LogP) is -0.349. The molecule has 0 spiro atoms. The van der Waals surface area contributed by atoms with Crippen LogP contribution in [0.15, 0.2) is 0 Å². The molecular weight excluding hydrogens is 202 g/mol. The Hall–Kier alpha value is -0.640. The summed E-state index contributed by atoms with van der Waals surface area (Å²) in [5.41, 5.74) is 5.69. The minimum atomic E-state index is -3.42. The monoisotopic (exact) mass is 217 g/mol. The number of nitrogens with zero attached hydrogens (tertiary/aromatic N) is 2. The third-order valence-corrected chi connectivity index (χ3v) is 4.18. The Kier molecular flexibility index (Phi) is 3.48. The van der Waals surface area contributed by atoms with Gasteiger partial charge in [0.1, 0.15) is 0 Å². The zero-order valence-electron chi connectivity index (χ0n) is 8.18. The van der Waals surface area contributed by atoms with Crippen LogP contribution in [-0.2, 0) is 10.0 Å². The zero-order chi connectivity index (χ0) is 10.8. The average Bonchev–Trinajstić information content (AvgIpc) is 2.09. The molecule has 0 aromatic carbocycles. The first-order valence-corrected chi connectivity index (χ1v) is 6.20. The minimum absolute atomic E-state index is 0.0341. The highest BCUT2D eigenvalue weighted by atomic mass is 32.2. The van der Waals surface area contributed by atoms with E-state index in [1.165, 1.54) is 4.31 Å². The molecule has 0 aliphatic carbocycles. The molecular formula is C8H15N3O2S. The molecule has 0 aromatic rings. The number of hydrogen-bond acceptors (Lipinski definition) is 4. The molecule has 1 aliphatic rings. The lowest BCUT2D eigenvalue weighted by Crippen LogP contribution is -2.50. The molecule has 0 aromatic heterocycles. The van der Waals surface area contributed by atoms with Gasteiger partial charge in [0.2, 0.25) is 10.0 Å². The first-order valence-electron chi connectivity index (χ1n) is 4.59. The molecule has 0 radical (unpaired) electrons. The van der Waals surface area contributed by atoms with Gasteiger partial charge in [0.25, 0.3) is 0 Å². The summed E-state index contributed by atoms with van der Waals surface area (Å²) in [5, 5.41) is 8.40. The van der Waals surface area contributed by atoms with E-state index in [-0.39, 0.29) is 12.1 Å². The van der Waals surface area contributed by atoms with E-state index >= 15 is 0 Å². The van der Waals surface area contributed by atoms with Gasteiger partial charge in [0.05, 0.1) is 6.07 Å². The van der Waals surface area contributed by atoms with Gasteiger partial charge in [-0.05, 0) is 19.8 Å². The van der Waals surface area contributed by atoms with E-state index < -0.39 is 15.8 Å². The Bertz CT molecular complexity index is 333. The highest BCUT2D eigenvalue weighted by Crippen LogP contribution is 2.19. The fraction of sp³-hybridized carbons (Fsp3) is 0.875. The second kappa shape index (κ2) is 4.26. The van der Waals surface area contributed by atoms with Crippen molar-refractivity contribution in [3.63, 3.8) is 0 Å². The van der Waals surface area contributed by atoms with Crippen molar-refractivity contribution in [1.29, 1.82) is 5.26 Å². The van der Waals surface area contributed by atoms with Crippen LogP contribution in [0.4, 0.5) is 0 Å². The summed E-state index contributed by atoms with van der Waals surface area (Å²) in [7, 11) is -3.42. The second-order valence-electron chi connectivity index (χ2n) is 3.67. The Morgan fingerprint density at radius 1 is 1.57 bits per heavy atom. The normalized spacial score (nSPS) is 29.8. The average molecular weight is 217 g/mol. The van der Waals surface area contributed by atoms with Gasteiger partial charge in [-0.3, -0.25) is 0 Å². The maximum Gasteiger partial charge on any atom is 0.227 e. The molecule has 5 nitrogen and oxygen atoms in total. The number of nitrogens with two attached hydrogens (primary N) is 1. The number of piperidine rings is 1. The molecule has 1 saturated heterocycles. The van der Waals surface area contributed by atoms with Gasteiger partial charge in [0.15, 0.2) is 5.75 Å². The van der Waals surface area contributed by atoms with Crippen molar-refractivity contribution in [2.24, 2.45) is 5.73 Å². The Labute approximate surface area is 84.5 Å². The number of hydrogen-bond donors (Lipinski definition) is 1. The summed E-state index contributed by atoms with van der Waals surface area (Å²) in [6.07, 6.45) is 1.62. The highest BCUT2D eigenvalue weighted by Gasteiger charge is 2.32. The summed E-state index contributed by atoms with van der Waals surface area (Å²) >= 11 is 0. The standard InChI is InChI=1S/C8H15N3O2S/c1-7-2-3-8(10)6-11(7)14(12,13)5-4-9/h7-8H,2-3,5-6,10H2,1H3. The lowest BCUT2D eigenvalue weighted by molar-refractivity contribution is 0.246. The number of rotatable bonds is 2. The molecule has 1 rings (SSSR count). The predicted molar refractivity (Wildman–Crippen MR) is 52.8 cm³/mol. The molecule has 1 fully saturated rings. The molecule has 0 saturated carbocycles. The number of nitriles is 1. The van der Waals surface area contributed by atoms with E-state index in [0.29, 0.717) is 6.54 Å². The van der Waals surface area contributed by atoms with E-state index in [2.05, 4.69) is 0 Å².